The summed E-state index contributed by atoms with van der Waals surface area (Å²) < 4.78 is 4.42. The Bertz CT molecular complexity index is 225. The Balaban J connectivity index is 3.73. The Morgan fingerprint density at radius 3 is 2.54 bits per heavy atom. The largest absolute Gasteiger partial charge is 0.469 e. The summed E-state index contributed by atoms with van der Waals surface area (Å²) in [7, 11) is 1.32. The third-order valence-corrected chi connectivity index (χ3v) is 1.28. The molecule has 0 aliphatic heterocycles. The Morgan fingerprint density at radius 1 is 1.46 bits per heavy atom. The van der Waals surface area contributed by atoms with Gasteiger partial charge in [-0.2, -0.15) is 5.10 Å². The Morgan fingerprint density at radius 2 is 2.08 bits per heavy atom. The van der Waals surface area contributed by atoms with E-state index in [1.54, 1.807) is 6.92 Å². The first-order chi connectivity index (χ1) is 6.06. The van der Waals surface area contributed by atoms with Crippen LogP contribution in [0.25, 0.3) is 0 Å². The summed E-state index contributed by atoms with van der Waals surface area (Å²) in [6.07, 6.45) is 0.680. The van der Waals surface area contributed by atoms with Gasteiger partial charge in [-0.3, -0.25) is 4.79 Å². The lowest BCUT2D eigenvalue weighted by Crippen LogP contribution is -2.25. The molecule has 2 amide bonds. The lowest BCUT2D eigenvalue weighted by molar-refractivity contribution is -0.140. The first kappa shape index (κ1) is 11.4. The summed E-state index contributed by atoms with van der Waals surface area (Å²) in [5.41, 5.74) is 7.45. The summed E-state index contributed by atoms with van der Waals surface area (Å²) in [4.78, 5) is 20.9. The van der Waals surface area contributed by atoms with Crippen LogP contribution in [0, 0.1) is 0 Å². The molecule has 0 atom stereocenters. The molecule has 0 fully saturated rings. The minimum absolute atomic E-state index is 0.242. The second-order valence-electron chi connectivity index (χ2n) is 2.40. The molecule has 0 unspecified atom stereocenters. The van der Waals surface area contributed by atoms with Crippen LogP contribution in [0.2, 0.25) is 0 Å². The molecule has 6 heteroatoms. The summed E-state index contributed by atoms with van der Waals surface area (Å²) in [6, 6.07) is -0.725. The maximum absolute atomic E-state index is 10.7. The molecule has 6 nitrogen and oxygen atoms in total. The van der Waals surface area contributed by atoms with Crippen molar-refractivity contribution in [1.29, 1.82) is 0 Å². The predicted octanol–water partition coefficient (Wildman–Crippen LogP) is -0.0162. The topological polar surface area (TPSA) is 93.8 Å². The number of primary amides is 1. The van der Waals surface area contributed by atoms with Crippen LogP contribution in [0.15, 0.2) is 5.10 Å². The third kappa shape index (κ3) is 6.79. The molecule has 0 aliphatic carbocycles. The first-order valence-corrected chi connectivity index (χ1v) is 3.71. The molecular formula is C7H13N3O3. The van der Waals surface area contributed by atoms with Crippen molar-refractivity contribution in [2.45, 2.75) is 19.8 Å². The number of esters is 1. The van der Waals surface area contributed by atoms with Gasteiger partial charge < -0.3 is 10.5 Å². The number of nitrogens with zero attached hydrogens (tertiary/aromatic N) is 1. The fraction of sp³-hybridized carbons (Fsp3) is 0.571. The molecule has 0 aliphatic rings. The average Bonchev–Trinajstić information content (AvgIpc) is 2.10. The van der Waals surface area contributed by atoms with E-state index in [-0.39, 0.29) is 12.4 Å². The van der Waals surface area contributed by atoms with E-state index in [2.05, 4.69) is 15.3 Å². The van der Waals surface area contributed by atoms with Crippen LogP contribution in [-0.4, -0.2) is 24.8 Å². The summed E-state index contributed by atoms with van der Waals surface area (Å²) in [6.45, 7) is 1.68. The van der Waals surface area contributed by atoms with Crippen molar-refractivity contribution in [1.82, 2.24) is 5.43 Å². The van der Waals surface area contributed by atoms with Gasteiger partial charge >= 0.3 is 12.0 Å². The van der Waals surface area contributed by atoms with E-state index >= 15 is 0 Å². The molecule has 3 N–H and O–H groups in total. The van der Waals surface area contributed by atoms with E-state index in [9.17, 15) is 9.59 Å². The maximum atomic E-state index is 10.7. The number of nitrogens with two attached hydrogens (primary N) is 1. The summed E-state index contributed by atoms with van der Waals surface area (Å²) in [5, 5.41) is 3.61. The van der Waals surface area contributed by atoms with Crippen molar-refractivity contribution in [2.24, 2.45) is 10.8 Å². The minimum Gasteiger partial charge on any atom is -0.469 e. The predicted molar refractivity (Wildman–Crippen MR) is 47.1 cm³/mol. The van der Waals surface area contributed by atoms with Crippen LogP contribution < -0.4 is 11.2 Å². The lowest BCUT2D eigenvalue weighted by atomic mass is 10.2. The van der Waals surface area contributed by atoms with Crippen LogP contribution in [0.1, 0.15) is 19.8 Å². The van der Waals surface area contributed by atoms with Crippen molar-refractivity contribution < 1.29 is 14.3 Å². The van der Waals surface area contributed by atoms with E-state index in [1.165, 1.54) is 7.11 Å². The zero-order chi connectivity index (χ0) is 10.3. The summed E-state index contributed by atoms with van der Waals surface area (Å²) in [5.74, 6) is -0.311. The van der Waals surface area contributed by atoms with Gasteiger partial charge in [0, 0.05) is 5.71 Å². The molecular weight excluding hydrogens is 174 g/mol. The van der Waals surface area contributed by atoms with Crippen LogP contribution in [0.4, 0.5) is 4.79 Å². The maximum Gasteiger partial charge on any atom is 0.332 e. The van der Waals surface area contributed by atoms with E-state index in [0.29, 0.717) is 12.1 Å². The molecule has 0 rings (SSSR count). The molecule has 13 heavy (non-hydrogen) atoms. The smallest absolute Gasteiger partial charge is 0.332 e. The van der Waals surface area contributed by atoms with Gasteiger partial charge in [-0.05, 0) is 13.3 Å². The molecule has 0 bridgehead atoms. The highest BCUT2D eigenvalue weighted by atomic mass is 16.5. The monoisotopic (exact) mass is 187 g/mol. The van der Waals surface area contributed by atoms with Gasteiger partial charge in [-0.15, -0.1) is 0 Å². The molecule has 0 aromatic heterocycles. The molecule has 0 saturated heterocycles. The zero-order valence-electron chi connectivity index (χ0n) is 7.66. The third-order valence-electron chi connectivity index (χ3n) is 1.28. The molecule has 0 radical (unpaired) electrons. The number of hydrogen-bond donors (Lipinski definition) is 2. The van der Waals surface area contributed by atoms with Gasteiger partial charge in [0.15, 0.2) is 0 Å². The van der Waals surface area contributed by atoms with Crippen LogP contribution >= 0.6 is 0 Å². The number of carbonyl (C=O) groups is 2. The van der Waals surface area contributed by atoms with E-state index in [1.807, 2.05) is 0 Å². The van der Waals surface area contributed by atoms with E-state index in [0.717, 1.165) is 0 Å². The van der Waals surface area contributed by atoms with Crippen molar-refractivity contribution >= 4 is 17.7 Å². The summed E-state index contributed by atoms with van der Waals surface area (Å²) >= 11 is 0. The number of ether oxygens (including phenoxy) is 1. The number of nitrogens with one attached hydrogen (secondary N) is 1. The highest BCUT2D eigenvalue weighted by Gasteiger charge is 2.01. The lowest BCUT2D eigenvalue weighted by Gasteiger charge is -1.99. The number of methoxy groups -OCH3 is 1. The number of amides is 2. The van der Waals surface area contributed by atoms with Gasteiger partial charge in [0.25, 0.3) is 0 Å². The van der Waals surface area contributed by atoms with Crippen LogP contribution in [-0.2, 0) is 9.53 Å². The number of urea groups is 1. The Labute approximate surface area is 76.1 Å². The van der Waals surface area contributed by atoms with Crippen LogP contribution in [0.5, 0.6) is 0 Å². The molecule has 0 saturated carbocycles. The van der Waals surface area contributed by atoms with Crippen molar-refractivity contribution in [3.63, 3.8) is 0 Å². The quantitative estimate of drug-likeness (QED) is 0.368. The van der Waals surface area contributed by atoms with Crippen LogP contribution in [0.3, 0.4) is 0 Å². The van der Waals surface area contributed by atoms with E-state index < -0.39 is 6.03 Å². The molecule has 0 aromatic rings. The number of rotatable bonds is 4. The zero-order valence-corrected chi connectivity index (χ0v) is 7.66. The van der Waals surface area contributed by atoms with Gasteiger partial charge in [0.2, 0.25) is 0 Å². The van der Waals surface area contributed by atoms with Gasteiger partial charge in [-0.1, -0.05) is 0 Å². The Kier molecular flexibility index (Phi) is 5.25. The van der Waals surface area contributed by atoms with Gasteiger partial charge in [0.05, 0.1) is 13.5 Å². The standard InChI is InChI=1S/C7H13N3O3/c1-5(9-10-7(8)12)3-4-6(11)13-2/h3-4H2,1-2H3,(H3,8,10,12)/b9-5+. The average molecular weight is 187 g/mol. The van der Waals surface area contributed by atoms with Crippen molar-refractivity contribution in [3.8, 4) is 0 Å². The molecule has 0 heterocycles. The second-order valence-corrected chi connectivity index (χ2v) is 2.40. The number of hydrogen-bond acceptors (Lipinski definition) is 4. The second kappa shape index (κ2) is 5.99. The fourth-order valence-electron chi connectivity index (χ4n) is 0.591. The molecule has 0 aromatic carbocycles. The van der Waals surface area contributed by atoms with Crippen molar-refractivity contribution in [3.05, 3.63) is 0 Å². The first-order valence-electron chi connectivity index (χ1n) is 3.71. The molecule has 74 valence electrons. The highest BCUT2D eigenvalue weighted by Crippen LogP contribution is 1.93. The van der Waals surface area contributed by atoms with E-state index in [4.69, 9.17) is 5.73 Å². The number of carbonyl (C=O) groups excluding carboxylic acids is 2. The highest BCUT2D eigenvalue weighted by molar-refractivity contribution is 5.86. The fourth-order valence-corrected chi connectivity index (χ4v) is 0.591. The van der Waals surface area contributed by atoms with Gasteiger partial charge in [-0.25, -0.2) is 10.2 Å². The van der Waals surface area contributed by atoms with Crippen molar-refractivity contribution in [2.75, 3.05) is 7.11 Å². The Hall–Kier alpha value is -1.59. The minimum atomic E-state index is -0.725. The SMILES string of the molecule is COC(=O)CC/C(C)=N/NC(N)=O. The number of hydrazone groups is 1. The normalized spacial score (nSPS) is 10.8. The molecule has 0 spiro atoms. The van der Waals surface area contributed by atoms with Gasteiger partial charge in [0.1, 0.15) is 0 Å².